The molecule has 1 saturated heterocycles. The molecule has 1 N–H and O–H groups in total. The zero-order valence-electron chi connectivity index (χ0n) is 6.80. The quantitative estimate of drug-likeness (QED) is 0.686. The van der Waals surface area contributed by atoms with Crippen molar-refractivity contribution in [3.8, 4) is 0 Å². The predicted molar refractivity (Wildman–Crippen MR) is 37.7 cm³/mol. The summed E-state index contributed by atoms with van der Waals surface area (Å²) in [6.07, 6.45) is -4.14. The Hall–Kier alpha value is -0.290. The molecule has 0 spiro atoms. The molecule has 1 atom stereocenters. The van der Waals surface area contributed by atoms with Gasteiger partial charge >= 0.3 is 6.18 Å². The lowest BCUT2D eigenvalue weighted by atomic mass is 9.99. The van der Waals surface area contributed by atoms with Crippen LogP contribution in [-0.4, -0.2) is 41.9 Å². The number of hydrogen-bond donors (Lipinski definition) is 1. The molecule has 0 amide bonds. The Morgan fingerprint density at radius 3 is 2.33 bits per heavy atom. The maximum Gasteiger partial charge on any atom is 0.403 e. The molecular weight excluding hydrogens is 171 g/mol. The molecule has 5 heteroatoms. The van der Waals surface area contributed by atoms with E-state index in [2.05, 4.69) is 0 Å². The zero-order valence-corrected chi connectivity index (χ0v) is 6.80. The van der Waals surface area contributed by atoms with E-state index in [0.717, 1.165) is 6.92 Å². The van der Waals surface area contributed by atoms with Crippen molar-refractivity contribution in [3.05, 3.63) is 0 Å². The summed E-state index contributed by atoms with van der Waals surface area (Å²) in [7, 11) is 0. The molecule has 1 rings (SSSR count). The van der Waals surface area contributed by atoms with E-state index in [1.54, 1.807) is 0 Å². The Morgan fingerprint density at radius 2 is 2.00 bits per heavy atom. The highest BCUT2D eigenvalue weighted by Crippen LogP contribution is 2.29. The topological polar surface area (TPSA) is 23.5 Å². The summed E-state index contributed by atoms with van der Waals surface area (Å²) < 4.78 is 36.1. The average Bonchev–Trinajstić information content (AvgIpc) is 1.83. The van der Waals surface area contributed by atoms with Gasteiger partial charge < -0.3 is 5.11 Å². The fourth-order valence-electron chi connectivity index (χ4n) is 1.25. The first kappa shape index (κ1) is 9.80. The highest BCUT2D eigenvalue weighted by Gasteiger charge is 2.44. The average molecular weight is 183 g/mol. The van der Waals surface area contributed by atoms with Gasteiger partial charge in [0.1, 0.15) is 6.04 Å². The van der Waals surface area contributed by atoms with Gasteiger partial charge in [0.05, 0.1) is 0 Å². The molecule has 0 bridgehead atoms. The summed E-state index contributed by atoms with van der Waals surface area (Å²) in [6.45, 7) is 1.85. The van der Waals surface area contributed by atoms with Crippen LogP contribution in [0.5, 0.6) is 0 Å². The largest absolute Gasteiger partial charge is 0.403 e. The molecule has 1 fully saturated rings. The minimum atomic E-state index is -4.14. The van der Waals surface area contributed by atoms with Crippen molar-refractivity contribution < 1.29 is 18.3 Å². The van der Waals surface area contributed by atoms with E-state index in [1.807, 2.05) is 0 Å². The zero-order chi connectivity index (χ0) is 9.35. The van der Waals surface area contributed by atoms with Crippen LogP contribution in [0, 0.1) is 5.92 Å². The molecule has 0 aromatic heterocycles. The van der Waals surface area contributed by atoms with E-state index >= 15 is 0 Å². The molecule has 0 aliphatic carbocycles. The normalized spacial score (nSPS) is 23.8. The Bertz CT molecular complexity index is 153. The summed E-state index contributed by atoms with van der Waals surface area (Å²) in [5, 5.41) is 8.58. The second-order valence-electron chi connectivity index (χ2n) is 3.22. The highest BCUT2D eigenvalue weighted by molar-refractivity contribution is 4.86. The van der Waals surface area contributed by atoms with Crippen LogP contribution in [0.2, 0.25) is 0 Å². The van der Waals surface area contributed by atoms with Gasteiger partial charge in [-0.1, -0.05) is 0 Å². The fraction of sp³-hybridized carbons (Fsp3) is 1.00. The molecular formula is C7H12F3NO. The van der Waals surface area contributed by atoms with Crippen molar-refractivity contribution in [3.63, 3.8) is 0 Å². The van der Waals surface area contributed by atoms with Gasteiger partial charge in [0.25, 0.3) is 0 Å². The Kier molecular flexibility index (Phi) is 2.63. The molecule has 0 unspecified atom stereocenters. The number of likely N-dealkylation sites (tertiary alicyclic amines) is 1. The van der Waals surface area contributed by atoms with Crippen molar-refractivity contribution in [1.82, 2.24) is 4.90 Å². The van der Waals surface area contributed by atoms with Crippen LogP contribution in [-0.2, 0) is 0 Å². The number of nitrogens with zero attached hydrogens (tertiary/aromatic N) is 1. The lowest BCUT2D eigenvalue weighted by Gasteiger charge is -2.42. The summed E-state index contributed by atoms with van der Waals surface area (Å²) in [4.78, 5) is 1.32. The lowest BCUT2D eigenvalue weighted by molar-refractivity contribution is -0.195. The van der Waals surface area contributed by atoms with E-state index < -0.39 is 12.2 Å². The van der Waals surface area contributed by atoms with Gasteiger partial charge in [-0.05, 0) is 6.92 Å². The Morgan fingerprint density at radius 1 is 1.50 bits per heavy atom. The molecule has 1 aliphatic heterocycles. The van der Waals surface area contributed by atoms with Crippen molar-refractivity contribution in [1.29, 1.82) is 0 Å². The smallest absolute Gasteiger partial charge is 0.396 e. The first-order valence-corrected chi connectivity index (χ1v) is 3.86. The summed E-state index contributed by atoms with van der Waals surface area (Å²) in [5.41, 5.74) is 0. The molecule has 12 heavy (non-hydrogen) atoms. The number of aliphatic hydroxyl groups excluding tert-OH is 1. The predicted octanol–water partition coefficient (Wildman–Crippen LogP) is 0.861. The molecule has 0 saturated carbocycles. The van der Waals surface area contributed by atoms with Gasteiger partial charge in [0.15, 0.2) is 0 Å². The lowest BCUT2D eigenvalue weighted by Crippen LogP contribution is -2.56. The monoisotopic (exact) mass is 183 g/mol. The third-order valence-electron chi connectivity index (χ3n) is 2.27. The van der Waals surface area contributed by atoms with Crippen LogP contribution in [0.3, 0.4) is 0 Å². The minimum absolute atomic E-state index is 0.0128. The van der Waals surface area contributed by atoms with Gasteiger partial charge in [-0.3, -0.25) is 4.90 Å². The molecule has 0 radical (unpaired) electrons. The Balaban J connectivity index is 2.33. The van der Waals surface area contributed by atoms with Crippen LogP contribution >= 0.6 is 0 Å². The second kappa shape index (κ2) is 3.22. The van der Waals surface area contributed by atoms with Crippen LogP contribution < -0.4 is 0 Å². The van der Waals surface area contributed by atoms with Crippen molar-refractivity contribution >= 4 is 0 Å². The number of hydrogen-bond acceptors (Lipinski definition) is 2. The standard InChI is InChI=1S/C7H12F3NO/c1-5(7(8,9)10)11-2-6(3-11)4-12/h5-6,12H,2-4H2,1H3/t5-/m1/s1. The van der Waals surface area contributed by atoms with E-state index in [9.17, 15) is 13.2 Å². The third kappa shape index (κ3) is 1.90. The van der Waals surface area contributed by atoms with Crippen LogP contribution in [0.1, 0.15) is 6.92 Å². The number of rotatable bonds is 2. The van der Waals surface area contributed by atoms with E-state index in [0.29, 0.717) is 13.1 Å². The molecule has 1 heterocycles. The summed E-state index contributed by atoms with van der Waals surface area (Å²) >= 11 is 0. The molecule has 72 valence electrons. The SMILES string of the molecule is C[C@@H](N1CC(CO)C1)C(F)(F)F. The van der Waals surface area contributed by atoms with E-state index in [1.165, 1.54) is 4.90 Å². The van der Waals surface area contributed by atoms with Crippen LogP contribution in [0.15, 0.2) is 0 Å². The first-order chi connectivity index (χ1) is 5.45. The summed E-state index contributed by atoms with van der Waals surface area (Å²) in [5.74, 6) is 0.0369. The highest BCUT2D eigenvalue weighted by atomic mass is 19.4. The molecule has 0 aromatic rings. The molecule has 2 nitrogen and oxygen atoms in total. The maximum atomic E-state index is 12.0. The van der Waals surface area contributed by atoms with Crippen LogP contribution in [0.25, 0.3) is 0 Å². The summed E-state index contributed by atoms with van der Waals surface area (Å²) in [6, 6.07) is -1.37. The Labute approximate surface area is 69.0 Å². The second-order valence-corrected chi connectivity index (χ2v) is 3.22. The minimum Gasteiger partial charge on any atom is -0.396 e. The van der Waals surface area contributed by atoms with Gasteiger partial charge in [-0.25, -0.2) is 0 Å². The molecule has 0 aromatic carbocycles. The van der Waals surface area contributed by atoms with Crippen molar-refractivity contribution in [2.24, 2.45) is 5.92 Å². The van der Waals surface area contributed by atoms with Crippen LogP contribution in [0.4, 0.5) is 13.2 Å². The van der Waals surface area contributed by atoms with Crippen molar-refractivity contribution in [2.75, 3.05) is 19.7 Å². The number of halogens is 3. The third-order valence-corrected chi connectivity index (χ3v) is 2.27. The van der Waals surface area contributed by atoms with Gasteiger partial charge in [-0.15, -0.1) is 0 Å². The molecule has 1 aliphatic rings. The van der Waals surface area contributed by atoms with E-state index in [4.69, 9.17) is 5.11 Å². The number of aliphatic hydroxyl groups is 1. The first-order valence-electron chi connectivity index (χ1n) is 3.86. The van der Waals surface area contributed by atoms with Gasteiger partial charge in [0.2, 0.25) is 0 Å². The van der Waals surface area contributed by atoms with Gasteiger partial charge in [-0.2, -0.15) is 13.2 Å². The van der Waals surface area contributed by atoms with E-state index in [-0.39, 0.29) is 12.5 Å². The van der Waals surface area contributed by atoms with Crippen molar-refractivity contribution in [2.45, 2.75) is 19.1 Å². The fourth-order valence-corrected chi connectivity index (χ4v) is 1.25. The number of alkyl halides is 3. The maximum absolute atomic E-state index is 12.0. The van der Waals surface area contributed by atoms with Gasteiger partial charge in [0, 0.05) is 25.6 Å².